The number of thiazole rings is 1. The van der Waals surface area contributed by atoms with Crippen LogP contribution in [0.1, 0.15) is 27.0 Å². The van der Waals surface area contributed by atoms with Gasteiger partial charge in [0.05, 0.1) is 22.7 Å². The number of anilines is 1. The summed E-state index contributed by atoms with van der Waals surface area (Å²) in [5, 5.41) is 10.1. The molecule has 0 bridgehead atoms. The molecule has 0 aliphatic rings. The van der Waals surface area contributed by atoms with E-state index in [0.29, 0.717) is 23.1 Å². The van der Waals surface area contributed by atoms with E-state index in [-0.39, 0.29) is 11.8 Å². The standard InChI is InChI=1S/C19H17N7O2S2/c1-11-17(15-5-4-14(30-15)8-21-12(2)27)24-19(29-11)25-18(28)13-3-6-16(22-7-13)26-10-20-9-23-26/h3-7,9-10H,8H2,1-2H3,(H,21,27)(H,24,25,28). The first-order valence-electron chi connectivity index (χ1n) is 8.93. The molecule has 4 aromatic heterocycles. The molecule has 0 saturated heterocycles. The van der Waals surface area contributed by atoms with E-state index in [2.05, 4.69) is 30.7 Å². The van der Waals surface area contributed by atoms with Gasteiger partial charge in [-0.1, -0.05) is 0 Å². The Bertz CT molecular complexity index is 1180. The molecule has 0 atom stereocenters. The molecule has 4 aromatic rings. The van der Waals surface area contributed by atoms with E-state index in [1.165, 1.54) is 41.8 Å². The number of hydrogen-bond donors (Lipinski definition) is 2. The summed E-state index contributed by atoms with van der Waals surface area (Å²) in [4.78, 5) is 39.4. The molecule has 0 aliphatic heterocycles. The highest BCUT2D eigenvalue weighted by molar-refractivity contribution is 7.18. The van der Waals surface area contributed by atoms with E-state index >= 15 is 0 Å². The van der Waals surface area contributed by atoms with Crippen LogP contribution in [-0.4, -0.2) is 36.5 Å². The van der Waals surface area contributed by atoms with Crippen LogP contribution >= 0.6 is 22.7 Å². The van der Waals surface area contributed by atoms with Crippen LogP contribution in [0.2, 0.25) is 0 Å². The Morgan fingerprint density at radius 2 is 2.03 bits per heavy atom. The van der Waals surface area contributed by atoms with Crippen molar-refractivity contribution in [1.29, 1.82) is 0 Å². The number of nitrogens with one attached hydrogen (secondary N) is 2. The van der Waals surface area contributed by atoms with Crippen LogP contribution in [-0.2, 0) is 11.3 Å². The van der Waals surface area contributed by atoms with Crippen LogP contribution in [0.5, 0.6) is 0 Å². The number of rotatable bonds is 6. The third-order valence-corrected chi connectivity index (χ3v) is 6.07. The third-order valence-electron chi connectivity index (χ3n) is 4.09. The summed E-state index contributed by atoms with van der Waals surface area (Å²) in [6.07, 6.45) is 4.44. The smallest absolute Gasteiger partial charge is 0.259 e. The molecule has 11 heteroatoms. The molecule has 2 amide bonds. The van der Waals surface area contributed by atoms with Gasteiger partial charge in [0.2, 0.25) is 5.91 Å². The lowest BCUT2D eigenvalue weighted by atomic mass is 10.2. The lowest BCUT2D eigenvalue weighted by Gasteiger charge is -2.03. The SMILES string of the molecule is CC(=O)NCc1ccc(-c2nc(NC(=O)c3ccc(-n4cncn4)nc3)sc2C)s1. The zero-order valence-electron chi connectivity index (χ0n) is 16.1. The van der Waals surface area contributed by atoms with E-state index in [4.69, 9.17) is 0 Å². The first-order chi connectivity index (χ1) is 14.5. The van der Waals surface area contributed by atoms with E-state index in [1.54, 1.807) is 23.5 Å². The Morgan fingerprint density at radius 3 is 2.73 bits per heavy atom. The number of thiophene rings is 1. The average Bonchev–Trinajstić information content (AvgIpc) is 3.48. The van der Waals surface area contributed by atoms with Gasteiger partial charge in [0.1, 0.15) is 12.7 Å². The molecular weight excluding hydrogens is 422 g/mol. The monoisotopic (exact) mass is 439 g/mol. The second-order valence-electron chi connectivity index (χ2n) is 6.30. The van der Waals surface area contributed by atoms with Crippen molar-refractivity contribution < 1.29 is 9.59 Å². The predicted molar refractivity (Wildman–Crippen MR) is 115 cm³/mol. The van der Waals surface area contributed by atoms with Crippen molar-refractivity contribution in [1.82, 2.24) is 30.0 Å². The summed E-state index contributed by atoms with van der Waals surface area (Å²) in [5.74, 6) is 0.221. The van der Waals surface area contributed by atoms with Gasteiger partial charge in [0, 0.05) is 22.9 Å². The number of carbonyl (C=O) groups is 2. The van der Waals surface area contributed by atoms with Crippen LogP contribution < -0.4 is 10.6 Å². The summed E-state index contributed by atoms with van der Waals surface area (Å²) in [6.45, 7) is 3.94. The van der Waals surface area contributed by atoms with Gasteiger partial charge in [-0.15, -0.1) is 22.7 Å². The lowest BCUT2D eigenvalue weighted by Crippen LogP contribution is -2.17. The molecule has 4 heterocycles. The molecular formula is C19H17N7O2S2. The van der Waals surface area contributed by atoms with Gasteiger partial charge in [0.25, 0.3) is 5.91 Å². The summed E-state index contributed by atoms with van der Waals surface area (Å²) < 4.78 is 1.51. The first kappa shape index (κ1) is 19.9. The highest BCUT2D eigenvalue weighted by Crippen LogP contribution is 2.34. The molecule has 0 aliphatic carbocycles. The van der Waals surface area contributed by atoms with Crippen LogP contribution in [0.4, 0.5) is 5.13 Å². The Labute approximate surface area is 179 Å². The molecule has 0 saturated carbocycles. The Morgan fingerprint density at radius 1 is 1.17 bits per heavy atom. The maximum Gasteiger partial charge on any atom is 0.259 e. The molecule has 2 N–H and O–H groups in total. The minimum Gasteiger partial charge on any atom is -0.351 e. The first-order valence-corrected chi connectivity index (χ1v) is 10.6. The molecule has 0 fully saturated rings. The highest BCUT2D eigenvalue weighted by atomic mass is 32.1. The molecule has 0 radical (unpaired) electrons. The number of pyridine rings is 1. The maximum absolute atomic E-state index is 12.6. The number of carbonyl (C=O) groups excluding carboxylic acids is 2. The molecule has 152 valence electrons. The van der Waals surface area contributed by atoms with Gasteiger partial charge < -0.3 is 5.32 Å². The number of amides is 2. The molecule has 0 unspecified atom stereocenters. The maximum atomic E-state index is 12.6. The zero-order chi connectivity index (χ0) is 21.1. The number of hydrogen-bond acceptors (Lipinski definition) is 8. The van der Waals surface area contributed by atoms with Gasteiger partial charge in [-0.05, 0) is 31.2 Å². The number of aryl methyl sites for hydroxylation is 1. The Balaban J connectivity index is 1.45. The average molecular weight is 440 g/mol. The topological polar surface area (TPSA) is 115 Å². The molecule has 0 spiro atoms. The van der Waals surface area contributed by atoms with E-state index in [9.17, 15) is 9.59 Å². The summed E-state index contributed by atoms with van der Waals surface area (Å²) in [5.41, 5.74) is 1.25. The third kappa shape index (κ3) is 4.42. The molecule has 30 heavy (non-hydrogen) atoms. The van der Waals surface area contributed by atoms with Crippen molar-refractivity contribution >= 4 is 39.6 Å². The van der Waals surface area contributed by atoms with Crippen LogP contribution in [0.25, 0.3) is 16.4 Å². The Hall–Kier alpha value is -3.44. The van der Waals surface area contributed by atoms with Crippen molar-refractivity contribution in [2.75, 3.05) is 5.32 Å². The zero-order valence-corrected chi connectivity index (χ0v) is 17.8. The van der Waals surface area contributed by atoms with Crippen molar-refractivity contribution in [2.24, 2.45) is 0 Å². The summed E-state index contributed by atoms with van der Waals surface area (Å²) >= 11 is 2.98. The fraction of sp³-hybridized carbons (Fsp3) is 0.158. The van der Waals surface area contributed by atoms with E-state index < -0.39 is 0 Å². The second-order valence-corrected chi connectivity index (χ2v) is 8.67. The van der Waals surface area contributed by atoms with Gasteiger partial charge in [-0.2, -0.15) is 5.10 Å². The van der Waals surface area contributed by atoms with Crippen molar-refractivity contribution in [3.8, 4) is 16.4 Å². The second kappa shape index (κ2) is 8.51. The van der Waals surface area contributed by atoms with Gasteiger partial charge in [0.15, 0.2) is 10.9 Å². The highest BCUT2D eigenvalue weighted by Gasteiger charge is 2.15. The molecule has 9 nitrogen and oxygen atoms in total. The minimum absolute atomic E-state index is 0.0661. The largest absolute Gasteiger partial charge is 0.351 e. The van der Waals surface area contributed by atoms with Gasteiger partial charge in [-0.25, -0.2) is 19.6 Å². The lowest BCUT2D eigenvalue weighted by molar-refractivity contribution is -0.119. The quantitative estimate of drug-likeness (QED) is 0.477. The molecule has 0 aromatic carbocycles. The van der Waals surface area contributed by atoms with Gasteiger partial charge >= 0.3 is 0 Å². The van der Waals surface area contributed by atoms with Crippen molar-refractivity contribution in [3.05, 3.63) is 58.4 Å². The van der Waals surface area contributed by atoms with E-state index in [1.807, 2.05) is 19.1 Å². The minimum atomic E-state index is -0.287. The molecule has 4 rings (SSSR count). The fourth-order valence-corrected chi connectivity index (χ4v) is 4.52. The van der Waals surface area contributed by atoms with Crippen LogP contribution in [0, 0.1) is 6.92 Å². The normalized spacial score (nSPS) is 10.7. The summed E-state index contributed by atoms with van der Waals surface area (Å²) in [7, 11) is 0. The van der Waals surface area contributed by atoms with Crippen molar-refractivity contribution in [3.63, 3.8) is 0 Å². The number of aromatic nitrogens is 5. The van der Waals surface area contributed by atoms with Crippen molar-refractivity contribution in [2.45, 2.75) is 20.4 Å². The fourth-order valence-electron chi connectivity index (χ4n) is 2.64. The van der Waals surface area contributed by atoms with Crippen LogP contribution in [0.15, 0.2) is 43.1 Å². The Kier molecular flexibility index (Phi) is 5.63. The summed E-state index contributed by atoms with van der Waals surface area (Å²) in [6, 6.07) is 7.32. The van der Waals surface area contributed by atoms with Crippen LogP contribution in [0.3, 0.4) is 0 Å². The van der Waals surface area contributed by atoms with E-state index in [0.717, 1.165) is 20.3 Å². The number of nitrogens with zero attached hydrogens (tertiary/aromatic N) is 5. The van der Waals surface area contributed by atoms with Gasteiger partial charge in [-0.3, -0.25) is 14.9 Å². The predicted octanol–water partition coefficient (Wildman–Crippen LogP) is 3.04.